The van der Waals surface area contributed by atoms with Gasteiger partial charge in [-0.05, 0) is 38.1 Å². The Kier molecular flexibility index (Phi) is 3.74. The average Bonchev–Trinajstić information content (AvgIpc) is 3.24. The summed E-state index contributed by atoms with van der Waals surface area (Å²) in [4.78, 5) is 10.5. The van der Waals surface area contributed by atoms with Crippen molar-refractivity contribution in [3.05, 3.63) is 18.2 Å². The lowest BCUT2D eigenvalue weighted by atomic mass is 9.88. The van der Waals surface area contributed by atoms with Crippen LogP contribution in [0.25, 0.3) is 0 Å². The highest BCUT2D eigenvalue weighted by atomic mass is 19.1. The molecule has 6 heteroatoms. The highest BCUT2D eigenvalue weighted by molar-refractivity contribution is 5.25. The van der Waals surface area contributed by atoms with Crippen molar-refractivity contribution in [3.63, 3.8) is 0 Å². The topological polar surface area (TPSA) is 50.3 Å². The van der Waals surface area contributed by atoms with Crippen molar-refractivity contribution >= 4 is 5.95 Å². The molecule has 4 rings (SSSR count). The largest absolute Gasteiger partial charge is 0.371 e. The predicted molar refractivity (Wildman–Crippen MR) is 81.1 cm³/mol. The summed E-state index contributed by atoms with van der Waals surface area (Å²) in [6.07, 6.45) is 8.52. The first-order chi connectivity index (χ1) is 10.7. The van der Waals surface area contributed by atoms with Gasteiger partial charge in [-0.3, -0.25) is 0 Å². The number of rotatable bonds is 4. The number of nitrogens with one attached hydrogen (secondary N) is 1. The fourth-order valence-corrected chi connectivity index (χ4v) is 3.80. The summed E-state index contributed by atoms with van der Waals surface area (Å²) in [7, 11) is 0. The minimum absolute atomic E-state index is 0.00909. The lowest BCUT2D eigenvalue weighted by Gasteiger charge is -2.39. The monoisotopic (exact) mass is 306 g/mol. The van der Waals surface area contributed by atoms with Crippen molar-refractivity contribution in [2.45, 2.75) is 43.7 Å². The average molecular weight is 306 g/mol. The molecular weight excluding hydrogens is 283 g/mol. The van der Waals surface area contributed by atoms with Crippen LogP contribution < -0.4 is 5.32 Å². The Morgan fingerprint density at radius 1 is 1.36 bits per heavy atom. The molecule has 0 unspecified atom stereocenters. The third-order valence-corrected chi connectivity index (χ3v) is 4.99. The van der Waals surface area contributed by atoms with Gasteiger partial charge in [-0.1, -0.05) is 0 Å². The number of aromatic nitrogens is 2. The molecule has 1 N–H and O–H groups in total. The second kappa shape index (κ2) is 5.74. The fraction of sp³-hybridized carbons (Fsp3) is 0.750. The quantitative estimate of drug-likeness (QED) is 0.923. The van der Waals surface area contributed by atoms with Gasteiger partial charge in [-0.2, -0.15) is 0 Å². The molecule has 1 aromatic rings. The highest BCUT2D eigenvalue weighted by Crippen LogP contribution is 2.37. The second-order valence-electron chi connectivity index (χ2n) is 7.05. The number of anilines is 1. The molecule has 1 aromatic heterocycles. The first-order valence-electron chi connectivity index (χ1n) is 8.31. The van der Waals surface area contributed by atoms with Gasteiger partial charge in [0, 0.05) is 19.5 Å². The van der Waals surface area contributed by atoms with Gasteiger partial charge in [-0.15, -0.1) is 0 Å². The lowest BCUT2D eigenvalue weighted by molar-refractivity contribution is -0.0521. The van der Waals surface area contributed by atoms with E-state index < -0.39 is 5.82 Å². The van der Waals surface area contributed by atoms with E-state index in [4.69, 9.17) is 4.74 Å². The van der Waals surface area contributed by atoms with E-state index >= 15 is 0 Å². The summed E-state index contributed by atoms with van der Waals surface area (Å²) >= 11 is 0. The molecule has 1 spiro atoms. The summed E-state index contributed by atoms with van der Waals surface area (Å²) in [5.41, 5.74) is -0.00909. The maximum Gasteiger partial charge on any atom is 0.223 e. The molecule has 0 bridgehead atoms. The summed E-state index contributed by atoms with van der Waals surface area (Å²) < 4.78 is 19.0. The van der Waals surface area contributed by atoms with Gasteiger partial charge in [0.05, 0.1) is 30.6 Å². The maximum atomic E-state index is 12.9. The predicted octanol–water partition coefficient (Wildman–Crippen LogP) is 2.06. The van der Waals surface area contributed by atoms with Crippen LogP contribution >= 0.6 is 0 Å². The molecule has 2 saturated heterocycles. The van der Waals surface area contributed by atoms with Crippen LogP contribution in [-0.2, 0) is 4.74 Å². The van der Waals surface area contributed by atoms with Crippen molar-refractivity contribution in [1.29, 1.82) is 0 Å². The van der Waals surface area contributed by atoms with E-state index in [-0.39, 0.29) is 11.6 Å². The van der Waals surface area contributed by atoms with E-state index in [1.807, 2.05) is 0 Å². The molecule has 0 amide bonds. The van der Waals surface area contributed by atoms with E-state index in [1.165, 1.54) is 44.7 Å². The molecule has 5 nitrogen and oxygen atoms in total. The minimum atomic E-state index is -0.410. The highest BCUT2D eigenvalue weighted by Gasteiger charge is 2.44. The van der Waals surface area contributed by atoms with Gasteiger partial charge in [0.2, 0.25) is 5.95 Å². The van der Waals surface area contributed by atoms with E-state index in [0.717, 1.165) is 25.3 Å². The van der Waals surface area contributed by atoms with Gasteiger partial charge in [0.15, 0.2) is 5.82 Å². The molecule has 1 aliphatic carbocycles. The first-order valence-corrected chi connectivity index (χ1v) is 8.31. The van der Waals surface area contributed by atoms with Crippen LogP contribution in [0.3, 0.4) is 0 Å². The molecule has 3 fully saturated rings. The van der Waals surface area contributed by atoms with Crippen LogP contribution in [-0.4, -0.2) is 52.8 Å². The zero-order chi connectivity index (χ0) is 15.0. The SMILES string of the molecule is Fc1cnc(N[C@@H]2CO[C@]3(CCCN(CC4CC4)C3)C2)nc1. The smallest absolute Gasteiger partial charge is 0.223 e. The second-order valence-corrected chi connectivity index (χ2v) is 7.05. The van der Waals surface area contributed by atoms with Crippen LogP contribution in [0.15, 0.2) is 12.4 Å². The number of piperidine rings is 1. The molecule has 3 heterocycles. The zero-order valence-electron chi connectivity index (χ0n) is 12.8. The van der Waals surface area contributed by atoms with Crippen molar-refractivity contribution < 1.29 is 9.13 Å². The lowest BCUT2D eigenvalue weighted by Crippen LogP contribution is -2.48. The third-order valence-electron chi connectivity index (χ3n) is 4.99. The van der Waals surface area contributed by atoms with Gasteiger partial charge in [0.25, 0.3) is 0 Å². The first kappa shape index (κ1) is 14.3. The Bertz CT molecular complexity index is 521. The van der Waals surface area contributed by atoms with Crippen LogP contribution in [0.5, 0.6) is 0 Å². The summed E-state index contributed by atoms with van der Waals surface area (Å²) in [5.74, 6) is 1.00. The molecule has 1 saturated carbocycles. The van der Waals surface area contributed by atoms with Gasteiger partial charge >= 0.3 is 0 Å². The van der Waals surface area contributed by atoms with E-state index in [1.54, 1.807) is 0 Å². The van der Waals surface area contributed by atoms with Gasteiger partial charge in [-0.25, -0.2) is 14.4 Å². The maximum absolute atomic E-state index is 12.9. The Balaban J connectivity index is 1.35. The van der Waals surface area contributed by atoms with E-state index in [2.05, 4.69) is 20.2 Å². The standard InChI is InChI=1S/C16H23FN4O/c17-13-7-18-15(19-8-13)20-14-6-16(22-10-14)4-1-5-21(11-16)9-12-2-3-12/h7-8,12,14H,1-6,9-11H2,(H,18,19,20)/t14-,16+/m0/s1. The van der Waals surface area contributed by atoms with Crippen LogP contribution in [0.4, 0.5) is 10.3 Å². The molecule has 2 aliphatic heterocycles. The molecular formula is C16H23FN4O. The Hall–Kier alpha value is -1.27. The summed E-state index contributed by atoms with van der Waals surface area (Å²) in [6.45, 7) is 4.18. The summed E-state index contributed by atoms with van der Waals surface area (Å²) in [5, 5.41) is 3.28. The summed E-state index contributed by atoms with van der Waals surface area (Å²) in [6, 6.07) is 0.214. The molecule has 2 atom stereocenters. The van der Waals surface area contributed by atoms with Crippen molar-refractivity contribution in [2.24, 2.45) is 5.92 Å². The molecule has 22 heavy (non-hydrogen) atoms. The minimum Gasteiger partial charge on any atom is -0.371 e. The number of halogens is 1. The van der Waals surface area contributed by atoms with E-state index in [9.17, 15) is 4.39 Å². The normalized spacial score (nSPS) is 32.5. The van der Waals surface area contributed by atoms with Crippen LogP contribution in [0.2, 0.25) is 0 Å². The fourth-order valence-electron chi connectivity index (χ4n) is 3.80. The molecule has 0 aromatic carbocycles. The third kappa shape index (κ3) is 3.22. The van der Waals surface area contributed by atoms with Gasteiger partial charge < -0.3 is 15.0 Å². The Morgan fingerprint density at radius 2 is 2.18 bits per heavy atom. The molecule has 0 radical (unpaired) electrons. The number of hydrogen-bond acceptors (Lipinski definition) is 5. The van der Waals surface area contributed by atoms with Crippen LogP contribution in [0, 0.1) is 11.7 Å². The number of likely N-dealkylation sites (tertiary alicyclic amines) is 1. The Morgan fingerprint density at radius 3 is 2.95 bits per heavy atom. The van der Waals surface area contributed by atoms with Gasteiger partial charge in [0.1, 0.15) is 0 Å². The molecule has 3 aliphatic rings. The number of nitrogens with zero attached hydrogens (tertiary/aromatic N) is 3. The number of hydrogen-bond donors (Lipinski definition) is 1. The number of ether oxygens (including phenoxy) is 1. The Labute approximate surface area is 130 Å². The zero-order valence-corrected chi connectivity index (χ0v) is 12.8. The van der Waals surface area contributed by atoms with Crippen molar-refractivity contribution in [1.82, 2.24) is 14.9 Å². The van der Waals surface area contributed by atoms with Crippen molar-refractivity contribution in [3.8, 4) is 0 Å². The van der Waals surface area contributed by atoms with E-state index in [0.29, 0.717) is 12.6 Å². The van der Waals surface area contributed by atoms with Crippen LogP contribution in [0.1, 0.15) is 32.1 Å². The van der Waals surface area contributed by atoms with Crippen molar-refractivity contribution in [2.75, 3.05) is 31.6 Å². The molecule has 120 valence electrons.